The summed E-state index contributed by atoms with van der Waals surface area (Å²) in [5, 5.41) is 11.3. The van der Waals surface area contributed by atoms with Gasteiger partial charge in [0.05, 0.1) is 11.3 Å². The minimum Gasteiger partial charge on any atom is -0.481 e. The van der Waals surface area contributed by atoms with Gasteiger partial charge in [-0.2, -0.15) is 13.2 Å². The van der Waals surface area contributed by atoms with Gasteiger partial charge in [0.1, 0.15) is 5.69 Å². The highest BCUT2D eigenvalue weighted by atomic mass is 19.4. The van der Waals surface area contributed by atoms with E-state index in [1.165, 1.54) is 6.92 Å². The predicted molar refractivity (Wildman–Crippen MR) is 72.4 cm³/mol. The number of amides is 1. The third-order valence-electron chi connectivity index (χ3n) is 3.04. The number of carboxylic acids is 1. The van der Waals surface area contributed by atoms with Gasteiger partial charge in [0.2, 0.25) is 0 Å². The van der Waals surface area contributed by atoms with Crippen LogP contribution in [-0.2, 0) is 11.0 Å². The first-order valence-corrected chi connectivity index (χ1v) is 6.51. The Morgan fingerprint density at radius 1 is 1.27 bits per heavy atom. The number of nitrogens with one attached hydrogen (secondary N) is 1. The van der Waals surface area contributed by atoms with Gasteiger partial charge in [0.15, 0.2) is 0 Å². The lowest BCUT2D eigenvalue weighted by Gasteiger charge is -2.26. The Kier molecular flexibility index (Phi) is 5.16. The summed E-state index contributed by atoms with van der Waals surface area (Å²) in [5.74, 6) is -1.58. The normalized spacial score (nSPS) is 12.1. The smallest absolute Gasteiger partial charge is 0.433 e. The van der Waals surface area contributed by atoms with Gasteiger partial charge in [-0.05, 0) is 39.3 Å². The maximum absolute atomic E-state index is 12.5. The third kappa shape index (κ3) is 5.01. The van der Waals surface area contributed by atoms with E-state index in [0.717, 1.165) is 12.1 Å². The average molecular weight is 318 g/mol. The molecule has 0 aliphatic rings. The summed E-state index contributed by atoms with van der Waals surface area (Å²) in [6, 6.07) is 1.81. The van der Waals surface area contributed by atoms with Crippen molar-refractivity contribution in [1.82, 2.24) is 10.3 Å². The fraction of sp³-hybridized carbons (Fsp3) is 0.500. The van der Waals surface area contributed by atoms with Crippen LogP contribution in [0.2, 0.25) is 0 Å². The maximum Gasteiger partial charge on any atom is 0.433 e. The molecule has 8 heteroatoms. The number of hydrogen-bond acceptors (Lipinski definition) is 3. The molecule has 122 valence electrons. The molecule has 1 aromatic rings. The number of alkyl halides is 3. The molecule has 0 aliphatic carbocycles. The molecule has 0 saturated carbocycles. The zero-order valence-corrected chi connectivity index (χ0v) is 12.4. The summed E-state index contributed by atoms with van der Waals surface area (Å²) in [6.07, 6.45) is -4.50. The van der Waals surface area contributed by atoms with Gasteiger partial charge in [-0.25, -0.2) is 4.98 Å². The molecule has 0 aliphatic heterocycles. The summed E-state index contributed by atoms with van der Waals surface area (Å²) < 4.78 is 37.6. The molecule has 0 fully saturated rings. The van der Waals surface area contributed by atoms with E-state index in [1.807, 2.05) is 0 Å². The molecule has 0 radical (unpaired) electrons. The largest absolute Gasteiger partial charge is 0.481 e. The van der Waals surface area contributed by atoms with Gasteiger partial charge in [0.25, 0.3) is 5.91 Å². The Morgan fingerprint density at radius 3 is 2.32 bits per heavy atom. The van der Waals surface area contributed by atoms with Crippen LogP contribution in [0, 0.1) is 6.92 Å². The molecule has 0 atom stereocenters. The van der Waals surface area contributed by atoms with Crippen molar-refractivity contribution in [2.24, 2.45) is 0 Å². The maximum atomic E-state index is 12.5. The number of carbonyl (C=O) groups excluding carboxylic acids is 1. The second-order valence-electron chi connectivity index (χ2n) is 5.56. The van der Waals surface area contributed by atoms with Gasteiger partial charge in [-0.3, -0.25) is 9.59 Å². The first-order valence-electron chi connectivity index (χ1n) is 6.51. The van der Waals surface area contributed by atoms with Crippen molar-refractivity contribution >= 4 is 11.9 Å². The third-order valence-corrected chi connectivity index (χ3v) is 3.04. The summed E-state index contributed by atoms with van der Waals surface area (Å²) in [5.41, 5.74) is -1.88. The molecule has 0 bridgehead atoms. The molecule has 1 rings (SSSR count). The number of aromatic nitrogens is 1. The molecular formula is C14H17F3N2O3. The lowest BCUT2D eigenvalue weighted by Crippen LogP contribution is -2.44. The van der Waals surface area contributed by atoms with Crippen LogP contribution in [0.4, 0.5) is 13.2 Å². The van der Waals surface area contributed by atoms with Crippen molar-refractivity contribution in [2.45, 2.75) is 45.3 Å². The number of rotatable bonds is 5. The number of halogens is 3. The minimum atomic E-state index is -4.57. The molecule has 1 amide bonds. The fourth-order valence-electron chi connectivity index (χ4n) is 1.82. The van der Waals surface area contributed by atoms with Gasteiger partial charge in [-0.15, -0.1) is 0 Å². The number of carboxylic acid groups (broad SMARTS) is 1. The zero-order chi connectivity index (χ0) is 17.1. The van der Waals surface area contributed by atoms with Crippen LogP contribution >= 0.6 is 0 Å². The van der Waals surface area contributed by atoms with Crippen molar-refractivity contribution in [3.8, 4) is 0 Å². The van der Waals surface area contributed by atoms with Gasteiger partial charge < -0.3 is 10.4 Å². The second-order valence-corrected chi connectivity index (χ2v) is 5.56. The van der Waals surface area contributed by atoms with Gasteiger partial charge in [0, 0.05) is 12.0 Å². The molecule has 22 heavy (non-hydrogen) atoms. The fourth-order valence-corrected chi connectivity index (χ4v) is 1.82. The Bertz CT molecular complexity index is 583. The van der Waals surface area contributed by atoms with Gasteiger partial charge >= 0.3 is 12.1 Å². The van der Waals surface area contributed by atoms with Crippen LogP contribution in [0.3, 0.4) is 0 Å². The lowest BCUT2D eigenvalue weighted by molar-refractivity contribution is -0.141. The quantitative estimate of drug-likeness (QED) is 0.875. The molecule has 0 unspecified atom stereocenters. The number of nitrogens with zero attached hydrogens (tertiary/aromatic N) is 1. The SMILES string of the molecule is Cc1nc(C(F)(F)F)ccc1C(=O)NC(C)(C)CCC(=O)O. The van der Waals surface area contributed by atoms with Crippen molar-refractivity contribution in [1.29, 1.82) is 0 Å². The van der Waals surface area contributed by atoms with E-state index in [0.29, 0.717) is 0 Å². The monoisotopic (exact) mass is 318 g/mol. The topological polar surface area (TPSA) is 79.3 Å². The molecular weight excluding hydrogens is 301 g/mol. The first-order chi connectivity index (χ1) is 9.92. The van der Waals surface area contributed by atoms with Crippen LogP contribution in [-0.4, -0.2) is 27.5 Å². The summed E-state index contributed by atoms with van der Waals surface area (Å²) in [6.45, 7) is 4.59. The number of pyridine rings is 1. The van der Waals surface area contributed by atoms with E-state index < -0.39 is 29.3 Å². The van der Waals surface area contributed by atoms with E-state index in [9.17, 15) is 22.8 Å². The Labute approximate surface area is 125 Å². The lowest BCUT2D eigenvalue weighted by atomic mass is 9.97. The number of hydrogen-bond donors (Lipinski definition) is 2. The molecule has 0 saturated heterocycles. The summed E-state index contributed by atoms with van der Waals surface area (Å²) in [4.78, 5) is 26.1. The molecule has 1 heterocycles. The van der Waals surface area contributed by atoms with Crippen LogP contribution < -0.4 is 5.32 Å². The predicted octanol–water partition coefficient (Wildman–Crippen LogP) is 2.78. The van der Waals surface area contributed by atoms with E-state index >= 15 is 0 Å². The van der Waals surface area contributed by atoms with E-state index in [4.69, 9.17) is 5.11 Å². The highest BCUT2D eigenvalue weighted by Gasteiger charge is 2.33. The molecule has 1 aromatic heterocycles. The Morgan fingerprint density at radius 2 is 1.86 bits per heavy atom. The Balaban J connectivity index is 2.88. The van der Waals surface area contributed by atoms with Gasteiger partial charge in [-0.1, -0.05) is 0 Å². The van der Waals surface area contributed by atoms with Crippen molar-refractivity contribution in [3.05, 3.63) is 29.1 Å². The van der Waals surface area contributed by atoms with Crippen LogP contribution in [0.1, 0.15) is 48.4 Å². The first kappa shape index (κ1) is 17.9. The number of carbonyl (C=O) groups is 2. The van der Waals surface area contributed by atoms with Crippen molar-refractivity contribution in [3.63, 3.8) is 0 Å². The molecule has 0 aromatic carbocycles. The van der Waals surface area contributed by atoms with E-state index in [1.54, 1.807) is 13.8 Å². The van der Waals surface area contributed by atoms with Crippen molar-refractivity contribution in [2.75, 3.05) is 0 Å². The van der Waals surface area contributed by atoms with Crippen LogP contribution in [0.15, 0.2) is 12.1 Å². The molecule has 5 nitrogen and oxygen atoms in total. The van der Waals surface area contributed by atoms with Crippen LogP contribution in [0.5, 0.6) is 0 Å². The van der Waals surface area contributed by atoms with E-state index in [2.05, 4.69) is 10.3 Å². The minimum absolute atomic E-state index is 0.0244. The number of aryl methyl sites for hydroxylation is 1. The van der Waals surface area contributed by atoms with Crippen molar-refractivity contribution < 1.29 is 27.9 Å². The standard InChI is InChI=1S/C14H17F3N2O3/c1-8-9(4-5-10(18-8)14(15,16)17)12(22)19-13(2,3)7-6-11(20)21/h4-5H,6-7H2,1-3H3,(H,19,22)(H,20,21). The second kappa shape index (κ2) is 6.33. The number of aliphatic carboxylic acids is 1. The van der Waals surface area contributed by atoms with Crippen LogP contribution in [0.25, 0.3) is 0 Å². The molecule has 0 spiro atoms. The Hall–Kier alpha value is -2.12. The zero-order valence-electron chi connectivity index (χ0n) is 12.4. The average Bonchev–Trinajstić information content (AvgIpc) is 2.34. The summed E-state index contributed by atoms with van der Waals surface area (Å²) >= 11 is 0. The highest BCUT2D eigenvalue weighted by Crippen LogP contribution is 2.28. The van der Waals surface area contributed by atoms with E-state index in [-0.39, 0.29) is 24.1 Å². The summed E-state index contributed by atoms with van der Waals surface area (Å²) in [7, 11) is 0. The highest BCUT2D eigenvalue weighted by molar-refractivity contribution is 5.95. The molecule has 2 N–H and O–H groups in total.